The lowest BCUT2D eigenvalue weighted by Gasteiger charge is -2.04. The fourth-order valence-corrected chi connectivity index (χ4v) is 0.903. The molecule has 5 nitrogen and oxygen atoms in total. The van der Waals surface area contributed by atoms with E-state index in [1.807, 2.05) is 13.8 Å². The number of carbonyl (C=O) groups excluding carboxylic acids is 1. The van der Waals surface area contributed by atoms with E-state index in [0.29, 0.717) is 12.5 Å². The molecule has 0 aliphatic carbocycles. The molecule has 0 saturated carbocycles. The lowest BCUT2D eigenvalue weighted by atomic mass is 10.4. The Morgan fingerprint density at radius 1 is 1.43 bits per heavy atom. The van der Waals surface area contributed by atoms with Crippen LogP contribution in [-0.2, 0) is 4.79 Å². The summed E-state index contributed by atoms with van der Waals surface area (Å²) in [5, 5.41) is 5.49. The van der Waals surface area contributed by atoms with Crippen molar-refractivity contribution < 1.29 is 4.79 Å². The lowest BCUT2D eigenvalue weighted by molar-refractivity contribution is -0.119. The molecule has 0 spiro atoms. The van der Waals surface area contributed by atoms with E-state index in [1.54, 1.807) is 12.4 Å². The largest absolute Gasteiger partial charge is 0.355 e. The van der Waals surface area contributed by atoms with Crippen molar-refractivity contribution >= 4 is 11.9 Å². The number of hydrogen-bond acceptors (Lipinski definition) is 4. The van der Waals surface area contributed by atoms with Gasteiger partial charge in [-0.25, -0.2) is 9.97 Å². The number of aromatic nitrogens is 2. The maximum Gasteiger partial charge on any atom is 0.239 e. The van der Waals surface area contributed by atoms with Crippen LogP contribution in [0.3, 0.4) is 0 Å². The average molecular weight is 194 g/mol. The van der Waals surface area contributed by atoms with E-state index in [-0.39, 0.29) is 12.5 Å². The Morgan fingerprint density at radius 2 is 2.07 bits per heavy atom. The summed E-state index contributed by atoms with van der Waals surface area (Å²) in [7, 11) is 0. The van der Waals surface area contributed by atoms with Crippen LogP contribution in [0.15, 0.2) is 12.4 Å². The highest BCUT2D eigenvalue weighted by molar-refractivity contribution is 5.80. The van der Waals surface area contributed by atoms with Gasteiger partial charge in [0, 0.05) is 18.9 Å². The lowest BCUT2D eigenvalue weighted by Crippen LogP contribution is -2.29. The Bertz CT molecular complexity index is 296. The molecule has 0 unspecified atom stereocenters. The zero-order chi connectivity index (χ0) is 10.4. The molecule has 5 heteroatoms. The van der Waals surface area contributed by atoms with Gasteiger partial charge in [-0.3, -0.25) is 4.79 Å². The van der Waals surface area contributed by atoms with Crippen LogP contribution in [0, 0.1) is 6.92 Å². The summed E-state index contributed by atoms with van der Waals surface area (Å²) >= 11 is 0. The Hall–Kier alpha value is -1.65. The molecular formula is C9H14N4O. The fourth-order valence-electron chi connectivity index (χ4n) is 0.903. The number of nitrogens with one attached hydrogen (secondary N) is 2. The van der Waals surface area contributed by atoms with Crippen LogP contribution in [0.25, 0.3) is 0 Å². The van der Waals surface area contributed by atoms with Gasteiger partial charge in [-0.05, 0) is 19.4 Å². The van der Waals surface area contributed by atoms with Crippen molar-refractivity contribution in [2.45, 2.75) is 13.8 Å². The molecule has 0 fully saturated rings. The highest BCUT2D eigenvalue weighted by Crippen LogP contribution is 1.97. The molecule has 0 aromatic carbocycles. The third-order valence-electron chi connectivity index (χ3n) is 1.56. The molecule has 1 aromatic rings. The molecule has 0 saturated heterocycles. The quantitative estimate of drug-likeness (QED) is 0.725. The first-order valence-electron chi connectivity index (χ1n) is 4.51. The Labute approximate surface area is 83.0 Å². The van der Waals surface area contributed by atoms with Gasteiger partial charge in [0.15, 0.2) is 0 Å². The first-order valence-corrected chi connectivity index (χ1v) is 4.51. The normalized spacial score (nSPS) is 9.57. The molecule has 14 heavy (non-hydrogen) atoms. The molecule has 2 N–H and O–H groups in total. The first kappa shape index (κ1) is 10.4. The molecule has 0 bridgehead atoms. The number of carbonyl (C=O) groups is 1. The van der Waals surface area contributed by atoms with Crippen molar-refractivity contribution in [1.82, 2.24) is 15.3 Å². The second-order valence-electron chi connectivity index (χ2n) is 2.89. The van der Waals surface area contributed by atoms with Gasteiger partial charge < -0.3 is 10.6 Å². The second kappa shape index (κ2) is 5.16. The highest BCUT2D eigenvalue weighted by atomic mass is 16.1. The predicted molar refractivity (Wildman–Crippen MR) is 53.9 cm³/mol. The van der Waals surface area contributed by atoms with E-state index < -0.39 is 0 Å². The zero-order valence-electron chi connectivity index (χ0n) is 8.37. The average Bonchev–Trinajstić information content (AvgIpc) is 2.17. The molecule has 76 valence electrons. The molecule has 0 radical (unpaired) electrons. The summed E-state index contributed by atoms with van der Waals surface area (Å²) in [5.41, 5.74) is 0.994. The number of aryl methyl sites for hydroxylation is 1. The van der Waals surface area contributed by atoms with Gasteiger partial charge in [-0.1, -0.05) is 0 Å². The highest BCUT2D eigenvalue weighted by Gasteiger charge is 1.99. The standard InChI is InChI=1S/C9H14N4O/c1-3-10-8(14)6-13-9-11-4-7(2)5-12-9/h4-5H,3,6H2,1-2H3,(H,10,14)(H,11,12,13). The van der Waals surface area contributed by atoms with Crippen molar-refractivity contribution in [2.24, 2.45) is 0 Å². The number of likely N-dealkylation sites (N-methyl/N-ethyl adjacent to an activating group) is 1. The number of nitrogens with zero attached hydrogens (tertiary/aromatic N) is 2. The minimum atomic E-state index is -0.0586. The molecule has 1 heterocycles. The topological polar surface area (TPSA) is 66.9 Å². The first-order chi connectivity index (χ1) is 6.72. The Morgan fingerprint density at radius 3 is 2.64 bits per heavy atom. The van der Waals surface area contributed by atoms with Gasteiger partial charge >= 0.3 is 0 Å². The molecular weight excluding hydrogens is 180 g/mol. The SMILES string of the molecule is CCNC(=O)CNc1ncc(C)cn1. The number of rotatable bonds is 4. The summed E-state index contributed by atoms with van der Waals surface area (Å²) in [6.07, 6.45) is 3.40. The van der Waals surface area contributed by atoms with E-state index in [2.05, 4.69) is 20.6 Å². The number of hydrogen-bond donors (Lipinski definition) is 2. The van der Waals surface area contributed by atoms with E-state index >= 15 is 0 Å². The van der Waals surface area contributed by atoms with Gasteiger partial charge in [-0.2, -0.15) is 0 Å². The maximum atomic E-state index is 11.1. The van der Waals surface area contributed by atoms with Crippen LogP contribution < -0.4 is 10.6 Å². The molecule has 1 rings (SSSR count). The summed E-state index contributed by atoms with van der Waals surface area (Å²) in [6, 6.07) is 0. The van der Waals surface area contributed by atoms with E-state index in [4.69, 9.17) is 0 Å². The number of amides is 1. The minimum absolute atomic E-state index is 0.0586. The fraction of sp³-hybridized carbons (Fsp3) is 0.444. The van der Waals surface area contributed by atoms with Crippen molar-refractivity contribution in [2.75, 3.05) is 18.4 Å². The minimum Gasteiger partial charge on any atom is -0.355 e. The zero-order valence-corrected chi connectivity index (χ0v) is 8.37. The van der Waals surface area contributed by atoms with Gasteiger partial charge in [0.2, 0.25) is 11.9 Å². The molecule has 1 aromatic heterocycles. The van der Waals surface area contributed by atoms with Crippen molar-refractivity contribution in [3.05, 3.63) is 18.0 Å². The van der Waals surface area contributed by atoms with Gasteiger partial charge in [0.1, 0.15) is 0 Å². The van der Waals surface area contributed by atoms with Gasteiger partial charge in [-0.15, -0.1) is 0 Å². The van der Waals surface area contributed by atoms with Crippen LogP contribution in [-0.4, -0.2) is 29.0 Å². The summed E-state index contributed by atoms with van der Waals surface area (Å²) < 4.78 is 0. The van der Waals surface area contributed by atoms with Gasteiger partial charge in [0.05, 0.1) is 6.54 Å². The van der Waals surface area contributed by atoms with Gasteiger partial charge in [0.25, 0.3) is 0 Å². The third kappa shape index (κ3) is 3.38. The van der Waals surface area contributed by atoms with Crippen LogP contribution in [0.4, 0.5) is 5.95 Å². The second-order valence-corrected chi connectivity index (χ2v) is 2.89. The van der Waals surface area contributed by atoms with E-state index in [0.717, 1.165) is 5.56 Å². The summed E-state index contributed by atoms with van der Waals surface area (Å²) in [5.74, 6) is 0.415. The van der Waals surface area contributed by atoms with Crippen molar-refractivity contribution in [3.8, 4) is 0 Å². The smallest absolute Gasteiger partial charge is 0.239 e. The Balaban J connectivity index is 2.38. The monoisotopic (exact) mass is 194 g/mol. The third-order valence-corrected chi connectivity index (χ3v) is 1.56. The van der Waals surface area contributed by atoms with E-state index in [1.165, 1.54) is 0 Å². The molecule has 0 aliphatic heterocycles. The summed E-state index contributed by atoms with van der Waals surface area (Å²) in [4.78, 5) is 19.1. The van der Waals surface area contributed by atoms with E-state index in [9.17, 15) is 4.79 Å². The summed E-state index contributed by atoms with van der Waals surface area (Å²) in [6.45, 7) is 4.63. The molecule has 1 amide bonds. The molecule has 0 atom stereocenters. The Kier molecular flexibility index (Phi) is 3.84. The predicted octanol–water partition coefficient (Wildman–Crippen LogP) is 0.333. The van der Waals surface area contributed by atoms with Crippen LogP contribution in [0.1, 0.15) is 12.5 Å². The van der Waals surface area contributed by atoms with Crippen LogP contribution in [0.2, 0.25) is 0 Å². The molecule has 0 aliphatic rings. The van der Waals surface area contributed by atoms with Crippen molar-refractivity contribution in [1.29, 1.82) is 0 Å². The maximum absolute atomic E-state index is 11.1. The van der Waals surface area contributed by atoms with Crippen molar-refractivity contribution in [3.63, 3.8) is 0 Å². The number of anilines is 1. The van der Waals surface area contributed by atoms with Crippen LogP contribution in [0.5, 0.6) is 0 Å². The van der Waals surface area contributed by atoms with Crippen LogP contribution >= 0.6 is 0 Å².